The van der Waals surface area contributed by atoms with Crippen molar-refractivity contribution in [3.05, 3.63) is 18.5 Å². The van der Waals surface area contributed by atoms with Crippen LogP contribution in [-0.4, -0.2) is 65.1 Å². The number of hydrogen-bond donors (Lipinski definition) is 2. The lowest BCUT2D eigenvalue weighted by Gasteiger charge is -2.34. The van der Waals surface area contributed by atoms with E-state index in [1.165, 1.54) is 0 Å². The molecular formula is C21H39IN6O2. The van der Waals surface area contributed by atoms with E-state index in [9.17, 15) is 4.79 Å². The smallest absolute Gasteiger partial charge is 0.410 e. The molecule has 0 aliphatic carbocycles. The summed E-state index contributed by atoms with van der Waals surface area (Å²) in [7, 11) is 0. The van der Waals surface area contributed by atoms with Crippen molar-refractivity contribution in [2.24, 2.45) is 10.9 Å². The minimum atomic E-state index is -0.444. The van der Waals surface area contributed by atoms with Gasteiger partial charge in [0, 0.05) is 51.7 Å². The highest BCUT2D eigenvalue weighted by atomic mass is 127. The number of rotatable bonds is 8. The van der Waals surface area contributed by atoms with Crippen molar-refractivity contribution in [2.75, 3.05) is 32.7 Å². The SMILES string of the molecule is CCNC(=NCCCn1cccn1)NCCC1CCCN(C(=O)OC(C)(C)C)C1.I. The Morgan fingerprint density at radius 1 is 1.33 bits per heavy atom. The number of aryl methyl sites for hydroxylation is 1. The maximum Gasteiger partial charge on any atom is 0.410 e. The third-order valence-electron chi connectivity index (χ3n) is 4.73. The van der Waals surface area contributed by atoms with Crippen LogP contribution in [0.2, 0.25) is 0 Å². The van der Waals surface area contributed by atoms with Crippen LogP contribution in [0.15, 0.2) is 23.5 Å². The largest absolute Gasteiger partial charge is 0.444 e. The molecule has 2 rings (SSSR count). The van der Waals surface area contributed by atoms with E-state index in [0.29, 0.717) is 5.92 Å². The summed E-state index contributed by atoms with van der Waals surface area (Å²) >= 11 is 0. The van der Waals surface area contributed by atoms with E-state index in [0.717, 1.165) is 70.9 Å². The van der Waals surface area contributed by atoms with Crippen molar-refractivity contribution in [3.8, 4) is 0 Å². The second kappa shape index (κ2) is 13.7. The Bertz CT molecular complexity index is 630. The van der Waals surface area contributed by atoms with E-state index in [4.69, 9.17) is 4.74 Å². The first-order chi connectivity index (χ1) is 13.9. The number of piperidine rings is 1. The second-order valence-corrected chi connectivity index (χ2v) is 8.53. The van der Waals surface area contributed by atoms with Gasteiger partial charge in [-0.15, -0.1) is 24.0 Å². The summed E-state index contributed by atoms with van der Waals surface area (Å²) in [5.74, 6) is 1.35. The molecule has 1 aliphatic heterocycles. The summed E-state index contributed by atoms with van der Waals surface area (Å²) in [6.45, 7) is 12.7. The number of ether oxygens (including phenoxy) is 1. The third kappa shape index (κ3) is 10.5. The summed E-state index contributed by atoms with van der Waals surface area (Å²) in [4.78, 5) is 18.8. The maximum atomic E-state index is 12.3. The Morgan fingerprint density at radius 3 is 2.80 bits per heavy atom. The number of nitrogens with one attached hydrogen (secondary N) is 2. The first-order valence-electron chi connectivity index (χ1n) is 10.8. The van der Waals surface area contributed by atoms with Gasteiger partial charge in [0.1, 0.15) is 5.60 Å². The average Bonchev–Trinajstić information content (AvgIpc) is 3.17. The lowest BCUT2D eigenvalue weighted by atomic mass is 9.95. The van der Waals surface area contributed by atoms with Crippen LogP contribution in [0.3, 0.4) is 0 Å². The minimum Gasteiger partial charge on any atom is -0.444 e. The van der Waals surface area contributed by atoms with Crippen LogP contribution in [0.4, 0.5) is 4.79 Å². The molecule has 1 unspecified atom stereocenters. The number of amides is 1. The summed E-state index contributed by atoms with van der Waals surface area (Å²) in [5, 5.41) is 10.9. The van der Waals surface area contributed by atoms with E-state index in [1.54, 1.807) is 6.20 Å². The van der Waals surface area contributed by atoms with E-state index < -0.39 is 5.60 Å². The predicted octanol–water partition coefficient (Wildman–Crippen LogP) is 3.48. The number of guanidine groups is 1. The van der Waals surface area contributed by atoms with Gasteiger partial charge < -0.3 is 20.3 Å². The Hall–Kier alpha value is -1.52. The van der Waals surface area contributed by atoms with Crippen molar-refractivity contribution in [3.63, 3.8) is 0 Å². The molecule has 172 valence electrons. The second-order valence-electron chi connectivity index (χ2n) is 8.53. The van der Waals surface area contributed by atoms with Crippen LogP contribution >= 0.6 is 24.0 Å². The van der Waals surface area contributed by atoms with Crippen LogP contribution in [0.5, 0.6) is 0 Å². The molecule has 8 nitrogen and oxygen atoms in total. The van der Waals surface area contributed by atoms with Gasteiger partial charge in [0.25, 0.3) is 0 Å². The van der Waals surface area contributed by atoms with Crippen LogP contribution in [0.1, 0.15) is 53.4 Å². The monoisotopic (exact) mass is 534 g/mol. The number of aromatic nitrogens is 2. The Morgan fingerprint density at radius 2 is 2.13 bits per heavy atom. The number of nitrogens with zero attached hydrogens (tertiary/aromatic N) is 4. The molecule has 1 aromatic heterocycles. The highest BCUT2D eigenvalue weighted by molar-refractivity contribution is 14.0. The zero-order chi connectivity index (χ0) is 21.1. The lowest BCUT2D eigenvalue weighted by Crippen LogP contribution is -2.44. The summed E-state index contributed by atoms with van der Waals surface area (Å²) in [6.07, 6.45) is 7.72. The molecule has 2 heterocycles. The van der Waals surface area contributed by atoms with Gasteiger partial charge in [-0.25, -0.2) is 4.79 Å². The minimum absolute atomic E-state index is 0. The molecule has 1 aliphatic rings. The molecule has 1 aromatic rings. The molecule has 30 heavy (non-hydrogen) atoms. The van der Waals surface area contributed by atoms with Gasteiger partial charge >= 0.3 is 6.09 Å². The fourth-order valence-electron chi connectivity index (χ4n) is 3.39. The quantitative estimate of drug-likeness (QED) is 0.231. The fraction of sp³-hybridized carbons (Fsp3) is 0.762. The standard InChI is InChI=1S/C21H38N6O2.HI/c1-5-22-19(23-11-7-15-27-16-8-12-25-27)24-13-10-18-9-6-14-26(17-18)20(28)29-21(2,3)4;/h8,12,16,18H,5-7,9-11,13-15,17H2,1-4H3,(H2,22,23,24);1H. The van der Waals surface area contributed by atoms with Crippen molar-refractivity contribution in [1.82, 2.24) is 25.3 Å². The maximum absolute atomic E-state index is 12.3. The number of halogens is 1. The van der Waals surface area contributed by atoms with Crippen molar-refractivity contribution >= 4 is 36.0 Å². The van der Waals surface area contributed by atoms with E-state index in [-0.39, 0.29) is 30.1 Å². The van der Waals surface area contributed by atoms with Crippen LogP contribution in [-0.2, 0) is 11.3 Å². The number of carbonyl (C=O) groups excluding carboxylic acids is 1. The topological polar surface area (TPSA) is 83.8 Å². The predicted molar refractivity (Wildman–Crippen MR) is 131 cm³/mol. The van der Waals surface area contributed by atoms with Gasteiger partial charge in [0.05, 0.1) is 0 Å². The summed E-state index contributed by atoms with van der Waals surface area (Å²) in [5.41, 5.74) is -0.444. The van der Waals surface area contributed by atoms with Gasteiger partial charge in [-0.1, -0.05) is 0 Å². The lowest BCUT2D eigenvalue weighted by molar-refractivity contribution is 0.0162. The van der Waals surface area contributed by atoms with Gasteiger partial charge in [0.2, 0.25) is 0 Å². The first-order valence-corrected chi connectivity index (χ1v) is 10.8. The Kier molecular flexibility index (Phi) is 12.1. The van der Waals surface area contributed by atoms with Crippen LogP contribution in [0, 0.1) is 5.92 Å². The molecule has 0 spiro atoms. The molecule has 0 radical (unpaired) electrons. The van der Waals surface area contributed by atoms with Gasteiger partial charge in [-0.3, -0.25) is 9.67 Å². The van der Waals surface area contributed by atoms with Gasteiger partial charge in [-0.05, 0) is 65.4 Å². The highest BCUT2D eigenvalue weighted by Gasteiger charge is 2.27. The molecule has 0 aromatic carbocycles. The van der Waals surface area contributed by atoms with E-state index in [2.05, 4.69) is 27.6 Å². The van der Waals surface area contributed by atoms with Gasteiger partial charge in [0.15, 0.2) is 5.96 Å². The van der Waals surface area contributed by atoms with Crippen molar-refractivity contribution in [1.29, 1.82) is 0 Å². The third-order valence-corrected chi connectivity index (χ3v) is 4.73. The molecule has 1 amide bonds. The number of carbonyl (C=O) groups is 1. The zero-order valence-electron chi connectivity index (χ0n) is 18.9. The first kappa shape index (κ1) is 26.5. The normalized spacial score (nSPS) is 17.3. The summed E-state index contributed by atoms with van der Waals surface area (Å²) < 4.78 is 7.44. The van der Waals surface area contributed by atoms with E-state index >= 15 is 0 Å². The number of aliphatic imine (C=N–C) groups is 1. The molecule has 1 fully saturated rings. The van der Waals surface area contributed by atoms with Crippen LogP contribution in [0.25, 0.3) is 0 Å². The molecule has 1 saturated heterocycles. The molecule has 0 saturated carbocycles. The average molecular weight is 534 g/mol. The van der Waals surface area contributed by atoms with Crippen molar-refractivity contribution < 1.29 is 9.53 Å². The molecule has 1 atom stereocenters. The molecule has 2 N–H and O–H groups in total. The summed E-state index contributed by atoms with van der Waals surface area (Å²) in [6, 6.07) is 1.93. The Labute approximate surface area is 198 Å². The van der Waals surface area contributed by atoms with Crippen molar-refractivity contribution in [2.45, 2.75) is 65.5 Å². The van der Waals surface area contributed by atoms with Crippen LogP contribution < -0.4 is 10.6 Å². The van der Waals surface area contributed by atoms with E-state index in [1.807, 2.05) is 42.6 Å². The molecular weight excluding hydrogens is 495 g/mol. The number of hydrogen-bond acceptors (Lipinski definition) is 4. The highest BCUT2D eigenvalue weighted by Crippen LogP contribution is 2.21. The molecule has 0 bridgehead atoms. The molecule has 9 heteroatoms. The fourth-order valence-corrected chi connectivity index (χ4v) is 3.39. The zero-order valence-corrected chi connectivity index (χ0v) is 21.2. The Balaban J connectivity index is 0.00000450. The van der Waals surface area contributed by atoms with Gasteiger partial charge in [-0.2, -0.15) is 5.10 Å². The number of likely N-dealkylation sites (tertiary alicyclic amines) is 1.